The molecule has 148 valence electrons. The third kappa shape index (κ3) is 5.25. The summed E-state index contributed by atoms with van der Waals surface area (Å²) in [6, 6.07) is 18.3. The van der Waals surface area contributed by atoms with Crippen LogP contribution < -0.4 is 15.5 Å². The van der Waals surface area contributed by atoms with E-state index < -0.39 is 0 Å². The number of ether oxygens (including phenoxy) is 1. The second-order valence-electron chi connectivity index (χ2n) is 6.75. The number of nitrogens with one attached hydrogen (secondary N) is 2. The number of anilines is 1. The predicted molar refractivity (Wildman–Crippen MR) is 113 cm³/mol. The zero-order chi connectivity index (χ0) is 19.8. The summed E-state index contributed by atoms with van der Waals surface area (Å²) in [5.74, 6) is 0.498. The van der Waals surface area contributed by atoms with Crippen LogP contribution in [-0.4, -0.2) is 44.7 Å². The first-order valence-electron chi connectivity index (χ1n) is 9.73. The molecular formula is C22H28N4O2. The third-order valence-corrected chi connectivity index (χ3v) is 4.80. The van der Waals surface area contributed by atoms with E-state index in [0.29, 0.717) is 24.8 Å². The van der Waals surface area contributed by atoms with Gasteiger partial charge in [0.15, 0.2) is 5.96 Å². The second kappa shape index (κ2) is 9.78. The third-order valence-electron chi connectivity index (χ3n) is 4.80. The summed E-state index contributed by atoms with van der Waals surface area (Å²) in [6.45, 7) is 4.82. The molecule has 2 N–H and O–H groups in total. The highest BCUT2D eigenvalue weighted by molar-refractivity contribution is 5.89. The lowest BCUT2D eigenvalue weighted by atomic mass is 10.1. The number of aliphatic imine (C=N–C) groups is 1. The zero-order valence-electron chi connectivity index (χ0n) is 16.5. The standard InChI is InChI=1S/C22H28N4O2/c1-3-28-21(27)18-11-9-17(10-12-18)15-24-22(23-2)25-19-13-14-26(16-19)20-7-5-4-6-8-20/h4-12,19H,3,13-16H2,1-2H3,(H2,23,24,25). The molecule has 0 radical (unpaired) electrons. The van der Waals surface area contributed by atoms with Crippen molar-refractivity contribution in [3.05, 3.63) is 65.7 Å². The zero-order valence-corrected chi connectivity index (χ0v) is 16.5. The fourth-order valence-corrected chi connectivity index (χ4v) is 3.30. The molecule has 1 aliphatic heterocycles. The van der Waals surface area contributed by atoms with Gasteiger partial charge in [-0.25, -0.2) is 4.79 Å². The van der Waals surface area contributed by atoms with Crippen LogP contribution in [0.25, 0.3) is 0 Å². The van der Waals surface area contributed by atoms with Crippen LogP contribution in [0.5, 0.6) is 0 Å². The lowest BCUT2D eigenvalue weighted by molar-refractivity contribution is 0.0526. The lowest BCUT2D eigenvalue weighted by Gasteiger charge is -2.20. The monoisotopic (exact) mass is 380 g/mol. The molecule has 0 saturated carbocycles. The van der Waals surface area contributed by atoms with E-state index in [9.17, 15) is 4.79 Å². The summed E-state index contributed by atoms with van der Waals surface area (Å²) >= 11 is 0. The van der Waals surface area contributed by atoms with Crippen molar-refractivity contribution in [1.82, 2.24) is 10.6 Å². The second-order valence-corrected chi connectivity index (χ2v) is 6.75. The Morgan fingerprint density at radius 3 is 2.61 bits per heavy atom. The topological polar surface area (TPSA) is 66.0 Å². The Morgan fingerprint density at radius 1 is 1.18 bits per heavy atom. The number of benzene rings is 2. The van der Waals surface area contributed by atoms with Crippen molar-refractivity contribution >= 4 is 17.6 Å². The molecule has 2 aromatic carbocycles. The van der Waals surface area contributed by atoms with Crippen LogP contribution >= 0.6 is 0 Å². The van der Waals surface area contributed by atoms with Crippen LogP contribution in [-0.2, 0) is 11.3 Å². The van der Waals surface area contributed by atoms with Crippen molar-refractivity contribution in [2.75, 3.05) is 31.6 Å². The molecule has 1 atom stereocenters. The summed E-state index contributed by atoms with van der Waals surface area (Å²) in [7, 11) is 1.78. The van der Waals surface area contributed by atoms with Gasteiger partial charge in [0.25, 0.3) is 0 Å². The number of carbonyl (C=O) groups is 1. The van der Waals surface area contributed by atoms with Crippen molar-refractivity contribution < 1.29 is 9.53 Å². The number of nitrogens with zero attached hydrogens (tertiary/aromatic N) is 2. The van der Waals surface area contributed by atoms with Crippen molar-refractivity contribution in [3.63, 3.8) is 0 Å². The Labute approximate surface area is 166 Å². The van der Waals surface area contributed by atoms with Gasteiger partial charge in [-0.1, -0.05) is 30.3 Å². The number of para-hydroxylation sites is 1. The SMILES string of the molecule is CCOC(=O)c1ccc(CNC(=NC)NC2CCN(c3ccccc3)C2)cc1. The molecule has 1 unspecified atom stereocenters. The predicted octanol–water partition coefficient (Wildman–Crippen LogP) is 2.81. The van der Waals surface area contributed by atoms with Crippen LogP contribution in [0.1, 0.15) is 29.3 Å². The number of guanidine groups is 1. The Bertz CT molecular complexity index is 790. The van der Waals surface area contributed by atoms with Crippen LogP contribution in [0.3, 0.4) is 0 Å². The minimum Gasteiger partial charge on any atom is -0.462 e. The Kier molecular flexibility index (Phi) is 6.89. The van der Waals surface area contributed by atoms with E-state index in [2.05, 4.69) is 44.8 Å². The van der Waals surface area contributed by atoms with Gasteiger partial charge in [0.1, 0.15) is 0 Å². The maximum Gasteiger partial charge on any atom is 0.338 e. The maximum absolute atomic E-state index is 11.7. The number of carbonyl (C=O) groups excluding carboxylic acids is 1. The van der Waals surface area contributed by atoms with E-state index in [0.717, 1.165) is 31.0 Å². The Morgan fingerprint density at radius 2 is 1.93 bits per heavy atom. The molecule has 0 spiro atoms. The van der Waals surface area contributed by atoms with Crippen molar-refractivity contribution in [3.8, 4) is 0 Å². The highest BCUT2D eigenvalue weighted by atomic mass is 16.5. The maximum atomic E-state index is 11.7. The summed E-state index contributed by atoms with van der Waals surface area (Å²) in [4.78, 5) is 18.4. The molecule has 0 amide bonds. The van der Waals surface area contributed by atoms with Crippen LogP contribution in [0, 0.1) is 0 Å². The molecule has 1 aliphatic rings. The van der Waals surface area contributed by atoms with Gasteiger partial charge in [0, 0.05) is 38.4 Å². The molecule has 2 aromatic rings. The molecule has 0 aliphatic carbocycles. The molecule has 6 heteroatoms. The Balaban J connectivity index is 1.48. The highest BCUT2D eigenvalue weighted by Gasteiger charge is 2.23. The van der Waals surface area contributed by atoms with E-state index in [-0.39, 0.29) is 5.97 Å². The average molecular weight is 380 g/mol. The summed E-state index contributed by atoms with van der Waals surface area (Å²) < 4.78 is 5.01. The van der Waals surface area contributed by atoms with Gasteiger partial charge in [0.05, 0.1) is 12.2 Å². The van der Waals surface area contributed by atoms with Crippen molar-refractivity contribution in [2.45, 2.75) is 25.9 Å². The van der Waals surface area contributed by atoms with Gasteiger partial charge in [-0.15, -0.1) is 0 Å². The fraction of sp³-hybridized carbons (Fsp3) is 0.364. The molecule has 28 heavy (non-hydrogen) atoms. The molecule has 1 heterocycles. The van der Waals surface area contributed by atoms with Crippen LogP contribution in [0.4, 0.5) is 5.69 Å². The molecule has 0 bridgehead atoms. The van der Waals surface area contributed by atoms with E-state index >= 15 is 0 Å². The minimum atomic E-state index is -0.288. The summed E-state index contributed by atoms with van der Waals surface area (Å²) in [6.07, 6.45) is 1.07. The van der Waals surface area contributed by atoms with Crippen LogP contribution in [0.15, 0.2) is 59.6 Å². The smallest absolute Gasteiger partial charge is 0.338 e. The Hall–Kier alpha value is -3.02. The summed E-state index contributed by atoms with van der Waals surface area (Å²) in [5, 5.41) is 6.85. The first-order chi connectivity index (χ1) is 13.7. The number of esters is 1. The van der Waals surface area contributed by atoms with Crippen LogP contribution in [0.2, 0.25) is 0 Å². The quantitative estimate of drug-likeness (QED) is 0.458. The van der Waals surface area contributed by atoms with Crippen molar-refractivity contribution in [1.29, 1.82) is 0 Å². The first-order valence-corrected chi connectivity index (χ1v) is 9.73. The molecule has 1 fully saturated rings. The van der Waals surface area contributed by atoms with E-state index in [4.69, 9.17) is 4.74 Å². The van der Waals surface area contributed by atoms with E-state index in [1.807, 2.05) is 18.2 Å². The summed E-state index contributed by atoms with van der Waals surface area (Å²) in [5.41, 5.74) is 2.91. The molecule has 0 aromatic heterocycles. The van der Waals surface area contributed by atoms with E-state index in [1.54, 1.807) is 26.1 Å². The van der Waals surface area contributed by atoms with Gasteiger partial charge in [-0.2, -0.15) is 0 Å². The molecular weight excluding hydrogens is 352 g/mol. The molecule has 6 nitrogen and oxygen atoms in total. The number of hydrogen-bond donors (Lipinski definition) is 2. The first kappa shape index (κ1) is 19.7. The number of hydrogen-bond acceptors (Lipinski definition) is 4. The van der Waals surface area contributed by atoms with Gasteiger partial charge in [-0.05, 0) is 43.2 Å². The largest absolute Gasteiger partial charge is 0.462 e. The van der Waals surface area contributed by atoms with Gasteiger partial charge in [-0.3, -0.25) is 4.99 Å². The number of rotatable bonds is 6. The minimum absolute atomic E-state index is 0.288. The molecule has 3 rings (SSSR count). The highest BCUT2D eigenvalue weighted by Crippen LogP contribution is 2.19. The molecule has 1 saturated heterocycles. The fourth-order valence-electron chi connectivity index (χ4n) is 3.30. The van der Waals surface area contributed by atoms with Gasteiger partial charge >= 0.3 is 5.97 Å². The normalized spacial score (nSPS) is 16.7. The van der Waals surface area contributed by atoms with Gasteiger partial charge in [0.2, 0.25) is 0 Å². The van der Waals surface area contributed by atoms with Gasteiger partial charge < -0.3 is 20.3 Å². The lowest BCUT2D eigenvalue weighted by Crippen LogP contribution is -2.44. The average Bonchev–Trinajstić information content (AvgIpc) is 3.21. The van der Waals surface area contributed by atoms with Crippen molar-refractivity contribution in [2.24, 2.45) is 4.99 Å². The van der Waals surface area contributed by atoms with E-state index in [1.165, 1.54) is 5.69 Å².